The van der Waals surface area contributed by atoms with E-state index in [1.807, 2.05) is 32.0 Å². The zero-order chi connectivity index (χ0) is 14.2. The molecule has 0 saturated carbocycles. The lowest BCUT2D eigenvalue weighted by molar-refractivity contribution is 0.517. The molecular weight excluding hydrogens is 244 g/mol. The summed E-state index contributed by atoms with van der Waals surface area (Å²) in [5.74, 6) is -0.981. The van der Waals surface area contributed by atoms with Crippen LogP contribution in [0.5, 0.6) is 0 Å². The summed E-state index contributed by atoms with van der Waals surface area (Å²) in [5.41, 5.74) is 8.19. The van der Waals surface area contributed by atoms with Gasteiger partial charge < -0.3 is 5.73 Å². The van der Waals surface area contributed by atoms with Gasteiger partial charge in [-0.05, 0) is 50.1 Å². The lowest BCUT2D eigenvalue weighted by Gasteiger charge is -2.28. The second kappa shape index (κ2) is 4.74. The molecule has 0 saturated heterocycles. The molecule has 0 amide bonds. The first-order chi connectivity index (χ1) is 8.82. The fraction of sp³-hybridized carbons (Fsp3) is 0.250. The van der Waals surface area contributed by atoms with E-state index >= 15 is 0 Å². The van der Waals surface area contributed by atoms with Crippen molar-refractivity contribution < 1.29 is 8.78 Å². The van der Waals surface area contributed by atoms with Crippen molar-refractivity contribution in [1.82, 2.24) is 0 Å². The summed E-state index contributed by atoms with van der Waals surface area (Å²) in [6.45, 7) is 5.56. The molecule has 2 aromatic carbocycles. The summed E-state index contributed by atoms with van der Waals surface area (Å²) in [4.78, 5) is 0. The number of hydrogen-bond acceptors (Lipinski definition) is 1. The largest absolute Gasteiger partial charge is 0.318 e. The third kappa shape index (κ3) is 2.51. The highest BCUT2D eigenvalue weighted by atomic mass is 19.1. The molecule has 0 aromatic heterocycles. The molecule has 0 bridgehead atoms. The molecule has 1 nitrogen and oxygen atoms in total. The summed E-state index contributed by atoms with van der Waals surface area (Å²) in [5, 5.41) is 0. The van der Waals surface area contributed by atoms with E-state index in [1.165, 1.54) is 0 Å². The molecule has 1 atom stereocenters. The first kappa shape index (κ1) is 13.7. The molecule has 0 aliphatic carbocycles. The van der Waals surface area contributed by atoms with Crippen LogP contribution in [0.2, 0.25) is 0 Å². The van der Waals surface area contributed by atoms with Crippen LogP contribution in [0, 0.1) is 25.5 Å². The molecule has 2 N–H and O–H groups in total. The molecule has 100 valence electrons. The summed E-state index contributed by atoms with van der Waals surface area (Å²) in [7, 11) is 0. The molecule has 0 spiro atoms. The number of benzene rings is 2. The number of nitrogens with two attached hydrogens (primary N) is 1. The van der Waals surface area contributed by atoms with Crippen LogP contribution in [-0.2, 0) is 5.54 Å². The fourth-order valence-corrected chi connectivity index (χ4v) is 2.34. The molecular formula is C16H17F2N. The maximum atomic E-state index is 13.9. The minimum Gasteiger partial charge on any atom is -0.318 e. The second-order valence-electron chi connectivity index (χ2n) is 5.14. The zero-order valence-electron chi connectivity index (χ0n) is 11.3. The molecule has 2 aromatic rings. The van der Waals surface area contributed by atoms with Gasteiger partial charge in [0.15, 0.2) is 0 Å². The lowest BCUT2D eigenvalue weighted by atomic mass is 9.82. The molecule has 0 aliphatic heterocycles. The van der Waals surface area contributed by atoms with Gasteiger partial charge >= 0.3 is 0 Å². The van der Waals surface area contributed by atoms with Crippen LogP contribution in [0.15, 0.2) is 36.4 Å². The fourth-order valence-electron chi connectivity index (χ4n) is 2.34. The predicted molar refractivity (Wildman–Crippen MR) is 72.9 cm³/mol. The van der Waals surface area contributed by atoms with Crippen molar-refractivity contribution in [3.05, 3.63) is 70.3 Å². The van der Waals surface area contributed by atoms with E-state index in [0.717, 1.165) is 34.9 Å². The number of halogens is 2. The van der Waals surface area contributed by atoms with Gasteiger partial charge in [0, 0.05) is 5.56 Å². The number of hydrogen-bond donors (Lipinski definition) is 1. The Morgan fingerprint density at radius 3 is 2.32 bits per heavy atom. The van der Waals surface area contributed by atoms with E-state index in [4.69, 9.17) is 5.73 Å². The van der Waals surface area contributed by atoms with Gasteiger partial charge in [0.25, 0.3) is 0 Å². The van der Waals surface area contributed by atoms with Crippen LogP contribution < -0.4 is 5.73 Å². The molecule has 0 heterocycles. The van der Waals surface area contributed by atoms with Crippen molar-refractivity contribution in [2.75, 3.05) is 0 Å². The molecule has 0 fully saturated rings. The van der Waals surface area contributed by atoms with Gasteiger partial charge in [0.2, 0.25) is 0 Å². The third-order valence-corrected chi connectivity index (χ3v) is 3.44. The van der Waals surface area contributed by atoms with E-state index in [2.05, 4.69) is 0 Å². The first-order valence-corrected chi connectivity index (χ1v) is 6.14. The SMILES string of the molecule is Cc1ccc(C)c(C(C)(N)c2cc(F)ccc2F)c1. The minimum absolute atomic E-state index is 0.168. The molecule has 0 radical (unpaired) electrons. The first-order valence-electron chi connectivity index (χ1n) is 6.14. The van der Waals surface area contributed by atoms with Crippen LogP contribution in [0.4, 0.5) is 8.78 Å². The highest BCUT2D eigenvalue weighted by Gasteiger charge is 2.29. The number of rotatable bonds is 2. The highest BCUT2D eigenvalue weighted by molar-refractivity contribution is 5.43. The van der Waals surface area contributed by atoms with E-state index in [0.29, 0.717) is 0 Å². The van der Waals surface area contributed by atoms with Crippen LogP contribution in [0.25, 0.3) is 0 Å². The van der Waals surface area contributed by atoms with Crippen LogP contribution in [0.3, 0.4) is 0 Å². The van der Waals surface area contributed by atoms with E-state index in [1.54, 1.807) is 6.92 Å². The number of aryl methyl sites for hydroxylation is 2. The van der Waals surface area contributed by atoms with Crippen LogP contribution in [0.1, 0.15) is 29.2 Å². The van der Waals surface area contributed by atoms with Gasteiger partial charge in [0.05, 0.1) is 5.54 Å². The highest BCUT2D eigenvalue weighted by Crippen LogP contribution is 2.31. The van der Waals surface area contributed by atoms with E-state index < -0.39 is 17.2 Å². The summed E-state index contributed by atoms with van der Waals surface area (Å²) >= 11 is 0. The van der Waals surface area contributed by atoms with Gasteiger partial charge in [-0.1, -0.05) is 23.8 Å². The van der Waals surface area contributed by atoms with Gasteiger partial charge in [-0.2, -0.15) is 0 Å². The van der Waals surface area contributed by atoms with Crippen molar-refractivity contribution in [1.29, 1.82) is 0 Å². The van der Waals surface area contributed by atoms with Crippen LogP contribution in [-0.4, -0.2) is 0 Å². The van der Waals surface area contributed by atoms with Crippen molar-refractivity contribution >= 4 is 0 Å². The Morgan fingerprint density at radius 1 is 0.947 bits per heavy atom. The van der Waals surface area contributed by atoms with E-state index in [-0.39, 0.29) is 5.56 Å². The quantitative estimate of drug-likeness (QED) is 0.874. The smallest absolute Gasteiger partial charge is 0.128 e. The van der Waals surface area contributed by atoms with Crippen molar-refractivity contribution in [2.45, 2.75) is 26.3 Å². The van der Waals surface area contributed by atoms with Gasteiger partial charge in [-0.3, -0.25) is 0 Å². The molecule has 19 heavy (non-hydrogen) atoms. The third-order valence-electron chi connectivity index (χ3n) is 3.44. The second-order valence-corrected chi connectivity index (χ2v) is 5.14. The molecule has 1 unspecified atom stereocenters. The normalized spacial score (nSPS) is 14.2. The van der Waals surface area contributed by atoms with Crippen LogP contribution >= 0.6 is 0 Å². The predicted octanol–water partition coefficient (Wildman–Crippen LogP) is 3.80. The monoisotopic (exact) mass is 261 g/mol. The standard InChI is InChI=1S/C16H17F2N/c1-10-4-5-11(2)13(8-10)16(3,19)14-9-12(17)6-7-15(14)18/h4-9H,19H2,1-3H3. The van der Waals surface area contributed by atoms with Crippen molar-refractivity contribution in [2.24, 2.45) is 5.73 Å². The Hall–Kier alpha value is -1.74. The lowest BCUT2D eigenvalue weighted by Crippen LogP contribution is -2.36. The topological polar surface area (TPSA) is 26.0 Å². The van der Waals surface area contributed by atoms with Crippen molar-refractivity contribution in [3.8, 4) is 0 Å². The van der Waals surface area contributed by atoms with Crippen molar-refractivity contribution in [3.63, 3.8) is 0 Å². The zero-order valence-corrected chi connectivity index (χ0v) is 11.3. The van der Waals surface area contributed by atoms with E-state index in [9.17, 15) is 8.78 Å². The summed E-state index contributed by atoms with van der Waals surface area (Å²) in [6.07, 6.45) is 0. The van der Waals surface area contributed by atoms with Gasteiger partial charge in [0.1, 0.15) is 11.6 Å². The molecule has 3 heteroatoms. The molecule has 2 rings (SSSR count). The molecule has 0 aliphatic rings. The maximum absolute atomic E-state index is 13.9. The average molecular weight is 261 g/mol. The summed E-state index contributed by atoms with van der Waals surface area (Å²) in [6, 6.07) is 9.19. The Balaban J connectivity index is 2.64. The average Bonchev–Trinajstić information content (AvgIpc) is 2.35. The minimum atomic E-state index is -1.07. The maximum Gasteiger partial charge on any atom is 0.128 e. The Kier molecular flexibility index (Phi) is 3.42. The van der Waals surface area contributed by atoms with Gasteiger partial charge in [-0.25, -0.2) is 8.78 Å². The Labute approximate surface area is 112 Å². The summed E-state index contributed by atoms with van der Waals surface area (Å²) < 4.78 is 27.3. The van der Waals surface area contributed by atoms with Gasteiger partial charge in [-0.15, -0.1) is 0 Å². The Bertz CT molecular complexity index is 565. The Morgan fingerprint density at radius 2 is 1.63 bits per heavy atom.